The molecule has 0 aliphatic heterocycles. The van der Waals surface area contributed by atoms with E-state index in [1.54, 1.807) is 12.7 Å². The van der Waals surface area contributed by atoms with Crippen LogP contribution >= 0.6 is 0 Å². The fraction of sp³-hybridized carbons (Fsp3) is 0.889. The summed E-state index contributed by atoms with van der Waals surface area (Å²) in [6.07, 6.45) is 10.7. The first-order valence-corrected chi connectivity index (χ1v) is 8.37. The molecule has 0 saturated heterocycles. The Morgan fingerprint density at radius 3 is 2.60 bits per heavy atom. The van der Waals surface area contributed by atoms with Gasteiger partial charge >= 0.3 is 0 Å². The summed E-state index contributed by atoms with van der Waals surface area (Å²) in [5.41, 5.74) is 2.69. The Kier molecular flexibility index (Phi) is 5.30. The quantitative estimate of drug-likeness (QED) is 0.582. The molecule has 0 aromatic heterocycles. The molecule has 0 atom stereocenters. The van der Waals surface area contributed by atoms with Crippen molar-refractivity contribution < 1.29 is 4.74 Å². The second-order valence-electron chi connectivity index (χ2n) is 7.90. The lowest BCUT2D eigenvalue weighted by molar-refractivity contribution is 0.0103. The molecule has 2 aliphatic rings. The van der Waals surface area contributed by atoms with Gasteiger partial charge in [0.15, 0.2) is 0 Å². The summed E-state index contributed by atoms with van der Waals surface area (Å²) in [6, 6.07) is 0. The first-order valence-electron chi connectivity index (χ1n) is 8.37. The van der Waals surface area contributed by atoms with E-state index >= 15 is 0 Å². The topological polar surface area (TPSA) is 21.3 Å². The minimum Gasteiger partial charge on any atom is -0.383 e. The summed E-state index contributed by atoms with van der Waals surface area (Å²) in [6.45, 7) is 10.1. The maximum absolute atomic E-state index is 5.15. The van der Waals surface area contributed by atoms with Gasteiger partial charge in [0.25, 0.3) is 0 Å². The highest BCUT2D eigenvalue weighted by molar-refractivity contribution is 5.23. The first-order chi connectivity index (χ1) is 9.48. The SMILES string of the molecule is COCCNCC1(C2=CCCCC2)CC(C(C)(C)C)C1. The van der Waals surface area contributed by atoms with Crippen molar-refractivity contribution in [1.29, 1.82) is 0 Å². The van der Waals surface area contributed by atoms with Crippen LogP contribution in [0.3, 0.4) is 0 Å². The maximum Gasteiger partial charge on any atom is 0.0587 e. The van der Waals surface area contributed by atoms with E-state index in [1.807, 2.05) is 0 Å². The highest BCUT2D eigenvalue weighted by Gasteiger charge is 2.49. The lowest BCUT2D eigenvalue weighted by Gasteiger charge is -2.55. The van der Waals surface area contributed by atoms with Crippen molar-refractivity contribution in [1.82, 2.24) is 5.32 Å². The minimum atomic E-state index is 0.464. The molecule has 0 amide bonds. The summed E-state index contributed by atoms with van der Waals surface area (Å²) in [7, 11) is 1.78. The van der Waals surface area contributed by atoms with Crippen molar-refractivity contribution in [3.8, 4) is 0 Å². The Balaban J connectivity index is 1.97. The van der Waals surface area contributed by atoms with Crippen LogP contribution in [0, 0.1) is 16.7 Å². The van der Waals surface area contributed by atoms with Crippen molar-refractivity contribution in [2.45, 2.75) is 59.3 Å². The number of hydrogen-bond donors (Lipinski definition) is 1. The van der Waals surface area contributed by atoms with Crippen LogP contribution in [-0.2, 0) is 4.74 Å². The van der Waals surface area contributed by atoms with Gasteiger partial charge in [0.05, 0.1) is 6.61 Å². The van der Waals surface area contributed by atoms with E-state index in [4.69, 9.17) is 4.74 Å². The van der Waals surface area contributed by atoms with Gasteiger partial charge in [-0.25, -0.2) is 0 Å². The molecule has 0 unspecified atom stereocenters. The lowest BCUT2D eigenvalue weighted by Crippen LogP contribution is -2.50. The fourth-order valence-corrected chi connectivity index (χ4v) is 3.84. The zero-order chi connectivity index (χ0) is 14.6. The predicted octanol–water partition coefficient (Wildman–Crippen LogP) is 4.17. The molecule has 2 heteroatoms. The van der Waals surface area contributed by atoms with Gasteiger partial charge in [-0.1, -0.05) is 32.4 Å². The van der Waals surface area contributed by atoms with E-state index in [9.17, 15) is 0 Å². The number of hydrogen-bond acceptors (Lipinski definition) is 2. The summed E-state index contributed by atoms with van der Waals surface area (Å²) in [5, 5.41) is 3.63. The van der Waals surface area contributed by atoms with Crippen molar-refractivity contribution in [3.63, 3.8) is 0 Å². The molecule has 1 N–H and O–H groups in total. The van der Waals surface area contributed by atoms with Crippen molar-refractivity contribution >= 4 is 0 Å². The first kappa shape index (κ1) is 16.0. The second-order valence-corrected chi connectivity index (χ2v) is 7.90. The van der Waals surface area contributed by atoms with Gasteiger partial charge in [0.1, 0.15) is 0 Å². The Morgan fingerprint density at radius 2 is 2.05 bits per heavy atom. The van der Waals surface area contributed by atoms with Gasteiger partial charge in [-0.15, -0.1) is 0 Å². The Morgan fingerprint density at radius 1 is 1.30 bits per heavy atom. The third kappa shape index (κ3) is 3.65. The van der Waals surface area contributed by atoms with Crippen LogP contribution in [0.15, 0.2) is 11.6 Å². The molecule has 2 aliphatic carbocycles. The van der Waals surface area contributed by atoms with Gasteiger partial charge in [-0.3, -0.25) is 0 Å². The number of nitrogens with one attached hydrogen (secondary N) is 1. The summed E-state index contributed by atoms with van der Waals surface area (Å²) in [4.78, 5) is 0. The van der Waals surface area contributed by atoms with Crippen molar-refractivity contribution in [2.24, 2.45) is 16.7 Å². The predicted molar refractivity (Wildman–Crippen MR) is 85.9 cm³/mol. The Hall–Kier alpha value is -0.340. The molecule has 116 valence electrons. The average molecular weight is 279 g/mol. The second kappa shape index (κ2) is 6.62. The Bertz CT molecular complexity index is 334. The molecule has 2 rings (SSSR count). The third-order valence-corrected chi connectivity index (χ3v) is 5.42. The largest absolute Gasteiger partial charge is 0.383 e. The summed E-state index contributed by atoms with van der Waals surface area (Å²) < 4.78 is 5.15. The third-order valence-electron chi connectivity index (χ3n) is 5.42. The maximum atomic E-state index is 5.15. The molecule has 0 aromatic carbocycles. The van der Waals surface area contributed by atoms with Crippen LogP contribution < -0.4 is 5.32 Å². The Labute approximate surface area is 125 Å². The van der Waals surface area contributed by atoms with Gasteiger partial charge in [-0.05, 0) is 49.9 Å². The van der Waals surface area contributed by atoms with E-state index in [2.05, 4.69) is 32.2 Å². The highest BCUT2D eigenvalue weighted by Crippen LogP contribution is 2.57. The monoisotopic (exact) mass is 279 g/mol. The lowest BCUT2D eigenvalue weighted by atomic mass is 9.51. The molecule has 1 fully saturated rings. The average Bonchev–Trinajstić information content (AvgIpc) is 2.36. The van der Waals surface area contributed by atoms with Crippen molar-refractivity contribution in [2.75, 3.05) is 26.8 Å². The minimum absolute atomic E-state index is 0.464. The van der Waals surface area contributed by atoms with Gasteiger partial charge in [0.2, 0.25) is 0 Å². The number of rotatable bonds is 6. The zero-order valence-electron chi connectivity index (χ0n) is 13.9. The molecule has 0 radical (unpaired) electrons. The van der Waals surface area contributed by atoms with Crippen LogP contribution in [-0.4, -0.2) is 26.8 Å². The molecule has 0 spiro atoms. The molecule has 0 bridgehead atoms. The molecular formula is C18H33NO. The molecule has 1 saturated carbocycles. The number of methoxy groups -OCH3 is 1. The van der Waals surface area contributed by atoms with Crippen LogP contribution in [0.1, 0.15) is 59.3 Å². The fourth-order valence-electron chi connectivity index (χ4n) is 3.84. The van der Waals surface area contributed by atoms with E-state index in [0.717, 1.165) is 25.6 Å². The molecule has 0 aromatic rings. The van der Waals surface area contributed by atoms with Crippen LogP contribution in [0.4, 0.5) is 0 Å². The highest BCUT2D eigenvalue weighted by atomic mass is 16.5. The van der Waals surface area contributed by atoms with Crippen molar-refractivity contribution in [3.05, 3.63) is 11.6 Å². The molecule has 20 heavy (non-hydrogen) atoms. The molecule has 2 nitrogen and oxygen atoms in total. The van der Waals surface area contributed by atoms with Gasteiger partial charge < -0.3 is 10.1 Å². The number of allylic oxidation sites excluding steroid dienone is 1. The molecule has 0 heterocycles. The van der Waals surface area contributed by atoms with E-state index in [0.29, 0.717) is 10.8 Å². The van der Waals surface area contributed by atoms with E-state index in [-0.39, 0.29) is 0 Å². The molecular weight excluding hydrogens is 246 g/mol. The van der Waals surface area contributed by atoms with E-state index in [1.165, 1.54) is 38.5 Å². The van der Waals surface area contributed by atoms with Gasteiger partial charge in [0, 0.05) is 25.6 Å². The van der Waals surface area contributed by atoms with Crippen LogP contribution in [0.25, 0.3) is 0 Å². The zero-order valence-corrected chi connectivity index (χ0v) is 13.9. The van der Waals surface area contributed by atoms with Gasteiger partial charge in [-0.2, -0.15) is 0 Å². The smallest absolute Gasteiger partial charge is 0.0587 e. The van der Waals surface area contributed by atoms with Crippen LogP contribution in [0.2, 0.25) is 0 Å². The van der Waals surface area contributed by atoms with E-state index < -0.39 is 0 Å². The normalized spacial score (nSPS) is 30.8. The number of ether oxygens (including phenoxy) is 1. The summed E-state index contributed by atoms with van der Waals surface area (Å²) in [5.74, 6) is 0.884. The standard InChI is InChI=1S/C18H33NO/c1-17(2,3)16-12-18(13-16,14-19-10-11-20-4)15-8-6-5-7-9-15/h8,16,19H,5-7,9-14H2,1-4H3. The summed E-state index contributed by atoms with van der Waals surface area (Å²) >= 11 is 0. The van der Waals surface area contributed by atoms with Crippen LogP contribution in [0.5, 0.6) is 0 Å².